The van der Waals surface area contributed by atoms with Crippen LogP contribution < -0.4 is 44.8 Å². The highest BCUT2D eigenvalue weighted by atomic mass is 35.5. The number of amides is 3. The van der Waals surface area contributed by atoms with E-state index in [0.717, 1.165) is 37.4 Å². The van der Waals surface area contributed by atoms with Gasteiger partial charge in [0, 0.05) is 45.9 Å². The number of hydrogen-bond donors (Lipinski definition) is 3. The fourth-order valence-corrected chi connectivity index (χ4v) is 6.61. The Balaban J connectivity index is 0.000000284. The molecule has 16 nitrogen and oxygen atoms in total. The molecule has 28 heteroatoms. The molecule has 0 unspecified atom stereocenters. The third-order valence-electron chi connectivity index (χ3n) is 8.32. The molecule has 0 atom stereocenters. The average molecular weight is 1090 g/mol. The molecular formula is C43H27Cl4F8N5O11. The summed E-state index contributed by atoms with van der Waals surface area (Å²) >= 11 is 24.3. The van der Waals surface area contributed by atoms with Gasteiger partial charge in [-0.1, -0.05) is 46.4 Å². The van der Waals surface area contributed by atoms with E-state index >= 15 is 0 Å². The number of pyridine rings is 2. The minimum Gasteiger partial charge on any atom is -0.490 e. The van der Waals surface area contributed by atoms with E-state index in [0.29, 0.717) is 24.3 Å². The summed E-state index contributed by atoms with van der Waals surface area (Å²) in [4.78, 5) is 56.7. The number of esters is 1. The molecule has 6 rings (SSSR count). The molecule has 0 spiro atoms. The second-order valence-electron chi connectivity index (χ2n) is 13.1. The fraction of sp³-hybridized carbons (Fsp3) is 0.116. The lowest BCUT2D eigenvalue weighted by Gasteiger charge is -2.17. The summed E-state index contributed by atoms with van der Waals surface area (Å²) < 4.78 is 181. The van der Waals surface area contributed by atoms with Gasteiger partial charge in [-0.3, -0.25) is 19.4 Å². The zero-order valence-corrected chi connectivity index (χ0v) is 37.6. The molecule has 4 aromatic carbocycles. The largest absolute Gasteiger partial charge is 0.573 e. The van der Waals surface area contributed by atoms with Crippen LogP contribution in [-0.4, -0.2) is 67.6 Å². The number of primary amides is 1. The second kappa shape index (κ2) is 22.9. The highest BCUT2D eigenvalue weighted by molar-refractivity contribution is 6.38. The molecule has 0 aliphatic rings. The van der Waals surface area contributed by atoms with E-state index < -0.39 is 119 Å². The van der Waals surface area contributed by atoms with E-state index in [1.165, 1.54) is 30.6 Å². The monoisotopic (exact) mass is 1090 g/mol. The normalized spacial score (nSPS) is 12.6. The minimum atomic E-state index is -5.31. The lowest BCUT2D eigenvalue weighted by atomic mass is 10.1. The summed E-state index contributed by atoms with van der Waals surface area (Å²) in [5, 5.41) is 4.09. The molecule has 0 aliphatic heterocycles. The molecule has 3 amide bonds. The Morgan fingerprint density at radius 1 is 0.592 bits per heavy atom. The minimum absolute atomic E-state index is 0.0573. The van der Waals surface area contributed by atoms with E-state index in [2.05, 4.69) is 44.3 Å². The van der Waals surface area contributed by atoms with Gasteiger partial charge < -0.3 is 49.5 Å². The molecule has 0 fully saturated rings. The van der Waals surface area contributed by atoms with Crippen LogP contribution in [0.15, 0.2) is 85.2 Å². The number of hydrogen-bond acceptors (Lipinski definition) is 13. The molecule has 0 bridgehead atoms. The van der Waals surface area contributed by atoms with Gasteiger partial charge in [-0.05, 0) is 60.7 Å². The van der Waals surface area contributed by atoms with E-state index in [9.17, 15) is 54.3 Å². The zero-order chi connectivity index (χ0) is 57.5. The smallest absolute Gasteiger partial charge is 0.490 e. The number of alkyl halides is 6. The first-order valence-electron chi connectivity index (χ1n) is 21.4. The summed E-state index contributed by atoms with van der Waals surface area (Å²) in [6.07, 6.45) is -8.24. The maximum atomic E-state index is 14.9. The number of rotatable bonds is 14. The van der Waals surface area contributed by atoms with Crippen molar-refractivity contribution >= 4 is 81.5 Å². The molecule has 2 aromatic heterocycles. The Bertz CT molecular complexity index is 3250. The number of aromatic nitrogens is 2. The topological polar surface area (TPSA) is 209 Å². The SMILES string of the molecule is [2H]C([2H])([2H])Oc1c(Oc2cc(Cl)cc(Cl)c2C(=O)Nc2ccnc(C(=O)OC)c2)ccc(OC(F)(F)F)c1F.[2H]C([2H])([2H])Oc1c(Oc2cc(Cl)cc(Cl)c2C(=O)Nc2ccnc(C(N)=O)c2)ccc(OC(F)(F)F)c1F. The van der Waals surface area contributed by atoms with Crippen LogP contribution in [0.3, 0.4) is 0 Å². The first-order valence-corrected chi connectivity index (χ1v) is 19.9. The first kappa shape index (κ1) is 45.9. The van der Waals surface area contributed by atoms with E-state index in [4.69, 9.17) is 69.8 Å². The number of ether oxygens (including phenoxy) is 7. The van der Waals surface area contributed by atoms with Gasteiger partial charge in [-0.2, -0.15) is 8.78 Å². The highest BCUT2D eigenvalue weighted by Gasteiger charge is 2.35. The molecule has 4 N–H and O–H groups in total. The van der Waals surface area contributed by atoms with Gasteiger partial charge in [-0.25, -0.2) is 9.78 Å². The number of carbonyl (C=O) groups excluding carboxylic acids is 4. The molecule has 374 valence electrons. The number of nitrogens with two attached hydrogens (primary N) is 1. The third-order valence-corrected chi connectivity index (χ3v) is 9.35. The van der Waals surface area contributed by atoms with Crippen LogP contribution in [0, 0.1) is 11.6 Å². The predicted molar refractivity (Wildman–Crippen MR) is 237 cm³/mol. The molecule has 0 saturated carbocycles. The number of nitrogens with one attached hydrogen (secondary N) is 2. The van der Waals surface area contributed by atoms with E-state index in [-0.39, 0.29) is 42.9 Å². The van der Waals surface area contributed by atoms with E-state index in [1.54, 1.807) is 0 Å². The Hall–Kier alpha value is -7.54. The predicted octanol–water partition coefficient (Wildman–Crippen LogP) is 11.8. The molecule has 0 saturated heterocycles. The van der Waals surface area contributed by atoms with Crippen LogP contribution in [0.1, 0.15) is 49.9 Å². The first-order chi connectivity index (χ1) is 35.6. The molecule has 0 radical (unpaired) electrons. The van der Waals surface area contributed by atoms with Gasteiger partial charge in [0.2, 0.25) is 23.1 Å². The van der Waals surface area contributed by atoms with Gasteiger partial charge in [0.15, 0.2) is 23.0 Å². The summed E-state index contributed by atoms with van der Waals surface area (Å²) in [6, 6.07) is 11.8. The lowest BCUT2D eigenvalue weighted by molar-refractivity contribution is -0.276. The number of methoxy groups -OCH3 is 3. The van der Waals surface area contributed by atoms with Gasteiger partial charge >= 0.3 is 18.7 Å². The van der Waals surface area contributed by atoms with Crippen molar-refractivity contribution in [3.8, 4) is 46.0 Å². The third kappa shape index (κ3) is 14.3. The number of nitrogens with zero attached hydrogens (tertiary/aromatic N) is 2. The lowest BCUT2D eigenvalue weighted by Crippen LogP contribution is -2.18. The van der Waals surface area contributed by atoms with Crippen molar-refractivity contribution in [1.82, 2.24) is 9.97 Å². The van der Waals surface area contributed by atoms with Crippen molar-refractivity contribution in [2.75, 3.05) is 31.8 Å². The summed E-state index contributed by atoms with van der Waals surface area (Å²) in [5.41, 5.74) is 4.15. The van der Waals surface area contributed by atoms with Crippen LogP contribution in [0.2, 0.25) is 20.1 Å². The Kier molecular flexibility index (Phi) is 14.8. The van der Waals surface area contributed by atoms with E-state index in [1.807, 2.05) is 0 Å². The summed E-state index contributed by atoms with van der Waals surface area (Å²) in [7, 11) is -5.54. The van der Waals surface area contributed by atoms with Crippen LogP contribution in [0.25, 0.3) is 0 Å². The number of anilines is 2. The van der Waals surface area contributed by atoms with Crippen molar-refractivity contribution in [1.29, 1.82) is 0 Å². The van der Waals surface area contributed by atoms with Crippen molar-refractivity contribution in [2.45, 2.75) is 12.7 Å². The standard InChI is InChI=1S/C22H14Cl2F4N2O6.C21H13Cl2F4N3O5/c1-33-19-15(4-3-14(18(19)25)36-22(26,27)28)35-16-8-10(23)7-12(24)17(16)20(31)30-11-5-6-29-13(9-11)21(32)34-2;1-33-18-14(3-2-13(17(18)24)35-21(25,26)27)34-15-7-9(22)6-11(23)16(15)20(32)30-10-4-5-29-12(8-10)19(28)31/h3-9H,1-2H3,(H,29,30,31);2-8H,1H3,(H2,28,31)(H,29,30,32)/i2*1D3. The Morgan fingerprint density at radius 3 is 1.37 bits per heavy atom. The Labute approximate surface area is 421 Å². The second-order valence-corrected chi connectivity index (χ2v) is 14.7. The summed E-state index contributed by atoms with van der Waals surface area (Å²) in [6.45, 7) is 0. The van der Waals surface area contributed by atoms with Crippen molar-refractivity contribution < 1.29 is 95.7 Å². The van der Waals surface area contributed by atoms with Gasteiger partial charge in [-0.15, -0.1) is 26.3 Å². The zero-order valence-electron chi connectivity index (χ0n) is 40.6. The van der Waals surface area contributed by atoms with Crippen LogP contribution in [-0.2, 0) is 4.74 Å². The molecule has 6 aromatic rings. The number of halogens is 12. The Morgan fingerprint density at radius 2 is 0.986 bits per heavy atom. The van der Waals surface area contributed by atoms with Crippen molar-refractivity contribution in [3.05, 3.63) is 139 Å². The molecular weight excluding hydrogens is 1060 g/mol. The molecule has 71 heavy (non-hydrogen) atoms. The highest BCUT2D eigenvalue weighted by Crippen LogP contribution is 2.44. The van der Waals surface area contributed by atoms with Crippen LogP contribution in [0.4, 0.5) is 46.5 Å². The maximum absolute atomic E-state index is 14.9. The molecule has 0 aliphatic carbocycles. The maximum Gasteiger partial charge on any atom is 0.573 e. The van der Waals surface area contributed by atoms with Crippen LogP contribution >= 0.6 is 46.4 Å². The number of carbonyl (C=O) groups is 4. The van der Waals surface area contributed by atoms with Crippen molar-refractivity contribution in [3.63, 3.8) is 0 Å². The van der Waals surface area contributed by atoms with Gasteiger partial charge in [0.1, 0.15) is 34.0 Å². The average Bonchev–Trinajstić information content (AvgIpc) is 3.28. The molecule has 2 heterocycles. The quantitative estimate of drug-likeness (QED) is 0.0686. The van der Waals surface area contributed by atoms with Gasteiger partial charge in [0.05, 0.1) is 39.5 Å². The van der Waals surface area contributed by atoms with Crippen LogP contribution in [0.5, 0.6) is 46.0 Å². The van der Waals surface area contributed by atoms with Crippen molar-refractivity contribution in [2.24, 2.45) is 5.73 Å². The number of benzene rings is 4. The van der Waals surface area contributed by atoms with Gasteiger partial charge in [0.25, 0.3) is 17.7 Å². The summed E-state index contributed by atoms with van der Waals surface area (Å²) in [5.74, 6) is -15.1. The fourth-order valence-electron chi connectivity index (χ4n) is 5.49.